The van der Waals surface area contributed by atoms with Gasteiger partial charge in [-0.15, -0.1) is 0 Å². The number of carbonyl (C=O) groups is 2. The number of hydrogen-bond donors (Lipinski definition) is 3. The molecule has 0 aliphatic carbocycles. The number of nitrogens with zero attached hydrogens (tertiary/aromatic N) is 1. The highest BCUT2D eigenvalue weighted by Crippen LogP contribution is 2.25. The Labute approximate surface area is 155 Å². The quantitative estimate of drug-likeness (QED) is 0.377. The Morgan fingerprint density at radius 3 is 2.67 bits per heavy atom. The lowest BCUT2D eigenvalue weighted by Crippen LogP contribution is -2.32. The van der Waals surface area contributed by atoms with E-state index >= 15 is 0 Å². The van der Waals surface area contributed by atoms with Crippen LogP contribution < -0.4 is 15.5 Å². The topological polar surface area (TPSA) is 100 Å². The number of rotatable bonds is 4. The number of hydrogen-bond acceptors (Lipinski definition) is 5. The average Bonchev–Trinajstić information content (AvgIpc) is 2.69. The van der Waals surface area contributed by atoms with Crippen LogP contribution in [0.5, 0.6) is 11.5 Å². The SMILES string of the molecule is COc1cccc(NC(=O)C(=O)N/N=C/c2c(O)ccc3ccccc23)c1. The number of anilines is 1. The molecule has 3 aromatic rings. The van der Waals surface area contributed by atoms with Crippen LogP contribution in [0.3, 0.4) is 0 Å². The second-order valence-corrected chi connectivity index (χ2v) is 5.60. The molecule has 3 aromatic carbocycles. The predicted molar refractivity (Wildman–Crippen MR) is 103 cm³/mol. The van der Waals surface area contributed by atoms with Gasteiger partial charge in [-0.1, -0.05) is 36.4 Å². The van der Waals surface area contributed by atoms with E-state index in [-0.39, 0.29) is 5.75 Å². The van der Waals surface area contributed by atoms with Crippen molar-refractivity contribution < 1.29 is 19.4 Å². The smallest absolute Gasteiger partial charge is 0.329 e. The first-order chi connectivity index (χ1) is 13.1. The zero-order chi connectivity index (χ0) is 19.2. The summed E-state index contributed by atoms with van der Waals surface area (Å²) >= 11 is 0. The maximum Gasteiger partial charge on any atom is 0.329 e. The first kappa shape index (κ1) is 17.9. The molecule has 7 nitrogen and oxygen atoms in total. The molecule has 0 saturated heterocycles. The molecule has 2 amide bonds. The molecule has 7 heteroatoms. The Morgan fingerprint density at radius 1 is 1.04 bits per heavy atom. The molecular weight excluding hydrogens is 346 g/mol. The van der Waals surface area contributed by atoms with Crippen molar-refractivity contribution in [1.29, 1.82) is 0 Å². The first-order valence-corrected chi connectivity index (χ1v) is 8.07. The van der Waals surface area contributed by atoms with Crippen molar-refractivity contribution >= 4 is 34.5 Å². The molecular formula is C20H17N3O4. The van der Waals surface area contributed by atoms with Crippen LogP contribution in [0.2, 0.25) is 0 Å². The normalized spacial score (nSPS) is 10.7. The number of carbonyl (C=O) groups excluding carboxylic acids is 2. The number of phenolic OH excluding ortho intramolecular Hbond substituents is 1. The Kier molecular flexibility index (Phi) is 5.32. The van der Waals surface area contributed by atoms with E-state index in [1.807, 2.05) is 24.3 Å². The van der Waals surface area contributed by atoms with Gasteiger partial charge in [0.1, 0.15) is 11.5 Å². The summed E-state index contributed by atoms with van der Waals surface area (Å²) in [5, 5.41) is 18.0. The fourth-order valence-electron chi connectivity index (χ4n) is 2.51. The second-order valence-electron chi connectivity index (χ2n) is 5.60. The van der Waals surface area contributed by atoms with Gasteiger partial charge in [0.05, 0.1) is 13.3 Å². The maximum absolute atomic E-state index is 11.9. The van der Waals surface area contributed by atoms with E-state index in [1.165, 1.54) is 13.3 Å². The van der Waals surface area contributed by atoms with Crippen molar-refractivity contribution in [3.8, 4) is 11.5 Å². The fraction of sp³-hybridized carbons (Fsp3) is 0.0500. The van der Waals surface area contributed by atoms with E-state index in [0.29, 0.717) is 17.0 Å². The van der Waals surface area contributed by atoms with Crippen LogP contribution in [-0.2, 0) is 9.59 Å². The van der Waals surface area contributed by atoms with Crippen LogP contribution in [0.4, 0.5) is 5.69 Å². The largest absolute Gasteiger partial charge is 0.507 e. The highest BCUT2D eigenvalue weighted by Gasteiger charge is 2.13. The summed E-state index contributed by atoms with van der Waals surface area (Å²) in [7, 11) is 1.51. The summed E-state index contributed by atoms with van der Waals surface area (Å²) in [5.41, 5.74) is 3.02. The molecule has 0 unspecified atom stereocenters. The lowest BCUT2D eigenvalue weighted by atomic mass is 10.0. The Hall–Kier alpha value is -3.87. The lowest BCUT2D eigenvalue weighted by molar-refractivity contribution is -0.136. The number of hydrazone groups is 1. The molecule has 0 spiro atoms. The number of nitrogens with one attached hydrogen (secondary N) is 2. The summed E-state index contributed by atoms with van der Waals surface area (Å²) in [6.45, 7) is 0. The van der Waals surface area contributed by atoms with Gasteiger partial charge in [-0.25, -0.2) is 5.43 Å². The second kappa shape index (κ2) is 8.01. The van der Waals surface area contributed by atoms with Crippen LogP contribution in [0, 0.1) is 0 Å². The van der Waals surface area contributed by atoms with Gasteiger partial charge >= 0.3 is 11.8 Å². The molecule has 0 atom stereocenters. The van der Waals surface area contributed by atoms with E-state index in [2.05, 4.69) is 15.8 Å². The van der Waals surface area contributed by atoms with E-state index < -0.39 is 11.8 Å². The standard InChI is InChI=1S/C20H17N3O4/c1-27-15-7-4-6-14(11-15)22-19(25)20(26)23-21-12-17-16-8-3-2-5-13(16)9-10-18(17)24/h2-12,24H,1H3,(H,22,25)(H,23,26)/b21-12+. The number of fused-ring (bicyclic) bond motifs is 1. The Bertz CT molecular complexity index is 1030. The van der Waals surface area contributed by atoms with E-state index in [0.717, 1.165) is 10.8 Å². The van der Waals surface area contributed by atoms with Gasteiger partial charge in [-0.3, -0.25) is 9.59 Å². The molecule has 136 valence electrons. The molecule has 0 fully saturated rings. The van der Waals surface area contributed by atoms with Gasteiger partial charge in [-0.2, -0.15) is 5.10 Å². The van der Waals surface area contributed by atoms with Crippen molar-refractivity contribution in [3.05, 3.63) is 66.2 Å². The van der Waals surface area contributed by atoms with Gasteiger partial charge in [0.2, 0.25) is 0 Å². The van der Waals surface area contributed by atoms with E-state index in [4.69, 9.17) is 4.74 Å². The van der Waals surface area contributed by atoms with Crippen LogP contribution in [-0.4, -0.2) is 30.2 Å². The number of amides is 2. The van der Waals surface area contributed by atoms with Crippen molar-refractivity contribution in [2.24, 2.45) is 5.10 Å². The Balaban J connectivity index is 1.68. The molecule has 3 N–H and O–H groups in total. The van der Waals surface area contributed by atoms with E-state index in [1.54, 1.807) is 36.4 Å². The highest BCUT2D eigenvalue weighted by atomic mass is 16.5. The Morgan fingerprint density at radius 2 is 1.85 bits per heavy atom. The molecule has 0 aliphatic heterocycles. The van der Waals surface area contributed by atoms with Gasteiger partial charge in [0.25, 0.3) is 0 Å². The predicted octanol–water partition coefficient (Wildman–Crippen LogP) is 2.64. The molecule has 3 rings (SSSR count). The minimum atomic E-state index is -0.936. The van der Waals surface area contributed by atoms with Crippen LogP contribution in [0.15, 0.2) is 65.8 Å². The molecule has 0 saturated carbocycles. The van der Waals surface area contributed by atoms with Crippen molar-refractivity contribution in [3.63, 3.8) is 0 Å². The number of phenols is 1. The lowest BCUT2D eigenvalue weighted by Gasteiger charge is -2.06. The number of benzene rings is 3. The fourth-order valence-corrected chi connectivity index (χ4v) is 2.51. The highest BCUT2D eigenvalue weighted by molar-refractivity contribution is 6.39. The molecule has 0 radical (unpaired) electrons. The number of aromatic hydroxyl groups is 1. The molecule has 0 aromatic heterocycles. The summed E-state index contributed by atoms with van der Waals surface area (Å²) < 4.78 is 5.06. The summed E-state index contributed by atoms with van der Waals surface area (Å²) in [6.07, 6.45) is 1.30. The third-order valence-corrected chi connectivity index (χ3v) is 3.84. The van der Waals surface area contributed by atoms with Crippen molar-refractivity contribution in [1.82, 2.24) is 5.43 Å². The van der Waals surface area contributed by atoms with Gasteiger partial charge in [0.15, 0.2) is 0 Å². The van der Waals surface area contributed by atoms with E-state index in [9.17, 15) is 14.7 Å². The zero-order valence-corrected chi connectivity index (χ0v) is 14.5. The summed E-state index contributed by atoms with van der Waals surface area (Å²) in [5.74, 6) is -1.23. The van der Waals surface area contributed by atoms with Crippen molar-refractivity contribution in [2.45, 2.75) is 0 Å². The van der Waals surface area contributed by atoms with Gasteiger partial charge in [0, 0.05) is 17.3 Å². The van der Waals surface area contributed by atoms with Crippen LogP contribution in [0.25, 0.3) is 10.8 Å². The minimum Gasteiger partial charge on any atom is -0.507 e. The number of methoxy groups -OCH3 is 1. The molecule has 0 aliphatic rings. The molecule has 27 heavy (non-hydrogen) atoms. The third-order valence-electron chi connectivity index (χ3n) is 3.84. The van der Waals surface area contributed by atoms with Crippen LogP contribution >= 0.6 is 0 Å². The third kappa shape index (κ3) is 4.21. The van der Waals surface area contributed by atoms with Gasteiger partial charge in [-0.05, 0) is 29.0 Å². The maximum atomic E-state index is 11.9. The van der Waals surface area contributed by atoms with Crippen molar-refractivity contribution in [2.75, 3.05) is 12.4 Å². The summed E-state index contributed by atoms with van der Waals surface area (Å²) in [4.78, 5) is 23.9. The van der Waals surface area contributed by atoms with Gasteiger partial charge < -0.3 is 15.2 Å². The number of ether oxygens (including phenoxy) is 1. The average molecular weight is 363 g/mol. The van der Waals surface area contributed by atoms with Crippen LogP contribution in [0.1, 0.15) is 5.56 Å². The molecule has 0 bridgehead atoms. The minimum absolute atomic E-state index is 0.0209. The summed E-state index contributed by atoms with van der Waals surface area (Å²) in [6, 6.07) is 17.4. The zero-order valence-electron chi connectivity index (χ0n) is 14.5. The molecule has 0 heterocycles. The first-order valence-electron chi connectivity index (χ1n) is 8.07. The monoisotopic (exact) mass is 363 g/mol.